The van der Waals surface area contributed by atoms with Crippen molar-refractivity contribution >= 4 is 24.2 Å². The minimum atomic E-state index is -0.705. The maximum atomic E-state index is 13.2. The van der Waals surface area contributed by atoms with E-state index in [9.17, 15) is 24.3 Å². The van der Waals surface area contributed by atoms with Gasteiger partial charge in [-0.3, -0.25) is 14.5 Å². The quantitative estimate of drug-likeness (QED) is 0.0350. The Balaban J connectivity index is 5.46. The van der Waals surface area contributed by atoms with Crippen molar-refractivity contribution < 1.29 is 52.7 Å². The van der Waals surface area contributed by atoms with Gasteiger partial charge in [0.15, 0.2) is 0 Å². The summed E-state index contributed by atoms with van der Waals surface area (Å²) in [6.07, 6.45) is 31.9. The molecule has 0 radical (unpaired) electrons. The predicted molar refractivity (Wildman–Crippen MR) is 303 cm³/mol. The first kappa shape index (κ1) is 71.4. The van der Waals surface area contributed by atoms with Gasteiger partial charge in [0.25, 0.3) is 0 Å². The minimum Gasteiger partial charge on any atom is -0.465 e. The zero-order chi connectivity index (χ0) is 54.5. The zero-order valence-electron chi connectivity index (χ0n) is 49.3. The lowest BCUT2D eigenvalue weighted by Gasteiger charge is -2.25. The summed E-state index contributed by atoms with van der Waals surface area (Å²) in [6.45, 7) is 21.0. The maximum absolute atomic E-state index is 13.2. The number of ether oxygens (including phenoxy) is 6. The molecule has 2 unspecified atom stereocenters. The molecule has 438 valence electrons. The molecular formula is C61H118N2O11. The highest BCUT2D eigenvalue weighted by molar-refractivity contribution is 5.69. The normalized spacial score (nSPS) is 12.4. The van der Waals surface area contributed by atoms with Crippen LogP contribution in [-0.4, -0.2) is 124 Å². The molecule has 0 aliphatic rings. The van der Waals surface area contributed by atoms with Crippen LogP contribution in [0.15, 0.2) is 0 Å². The first-order chi connectivity index (χ1) is 36.1. The van der Waals surface area contributed by atoms with E-state index in [1.165, 1.54) is 77.0 Å². The molecule has 0 saturated carbocycles. The highest BCUT2D eigenvalue weighted by Crippen LogP contribution is 2.22. The molecule has 0 amide bonds. The third-order valence-electron chi connectivity index (χ3n) is 14.5. The van der Waals surface area contributed by atoms with Gasteiger partial charge in [-0.2, -0.15) is 0 Å². The molecule has 13 heteroatoms. The third kappa shape index (κ3) is 45.5. The summed E-state index contributed by atoms with van der Waals surface area (Å²) in [5.41, 5.74) is 0. The summed E-state index contributed by atoms with van der Waals surface area (Å²) in [5.74, 6) is 0.482. The number of aliphatic hydroxyl groups excluding tert-OH is 1. The van der Waals surface area contributed by atoms with Crippen molar-refractivity contribution in [3.05, 3.63) is 0 Å². The smallest absolute Gasteiger partial charge is 0.465 e. The fourth-order valence-electron chi connectivity index (χ4n) is 9.58. The Hall–Kier alpha value is -2.64. The van der Waals surface area contributed by atoms with Crippen molar-refractivity contribution in [2.75, 3.05) is 72.3 Å². The molecule has 1 N–H and O–H groups in total. The molecule has 0 saturated heterocycles. The molecule has 0 bridgehead atoms. The Labute approximate surface area is 454 Å². The van der Waals surface area contributed by atoms with Crippen molar-refractivity contribution in [3.8, 4) is 0 Å². The van der Waals surface area contributed by atoms with Gasteiger partial charge in [-0.15, -0.1) is 0 Å². The summed E-state index contributed by atoms with van der Waals surface area (Å²) >= 11 is 0. The lowest BCUT2D eigenvalue weighted by molar-refractivity contribution is -0.146. The van der Waals surface area contributed by atoms with E-state index in [1.807, 2.05) is 0 Å². The van der Waals surface area contributed by atoms with Crippen LogP contribution < -0.4 is 0 Å². The van der Waals surface area contributed by atoms with E-state index in [0.717, 1.165) is 129 Å². The molecule has 0 spiro atoms. The van der Waals surface area contributed by atoms with Crippen molar-refractivity contribution in [2.24, 2.45) is 11.8 Å². The number of rotatable bonds is 55. The molecule has 13 nitrogen and oxygen atoms in total. The van der Waals surface area contributed by atoms with Crippen LogP contribution in [0.2, 0.25) is 0 Å². The highest BCUT2D eigenvalue weighted by atomic mass is 16.7. The lowest BCUT2D eigenvalue weighted by Crippen LogP contribution is -2.35. The Morgan fingerprint density at radius 1 is 0.365 bits per heavy atom. The van der Waals surface area contributed by atoms with Crippen LogP contribution in [0.4, 0.5) is 9.59 Å². The molecule has 0 heterocycles. The van der Waals surface area contributed by atoms with Gasteiger partial charge in [-0.25, -0.2) is 9.59 Å². The van der Waals surface area contributed by atoms with Crippen LogP contribution in [-0.2, 0) is 38.0 Å². The number of carbonyl (C=O) groups is 4. The molecule has 74 heavy (non-hydrogen) atoms. The topological polar surface area (TPSA) is 150 Å². The number of hydrogen-bond acceptors (Lipinski definition) is 13. The van der Waals surface area contributed by atoms with Gasteiger partial charge in [-0.05, 0) is 134 Å². The summed E-state index contributed by atoms with van der Waals surface area (Å²) in [5, 5.41) is 9.29. The molecular weight excluding hydrogens is 937 g/mol. The van der Waals surface area contributed by atoms with Crippen LogP contribution in [0.5, 0.6) is 0 Å². The van der Waals surface area contributed by atoms with E-state index in [0.29, 0.717) is 83.2 Å². The second-order valence-electron chi connectivity index (χ2n) is 21.3. The molecule has 2 atom stereocenters. The number of esters is 2. The summed E-state index contributed by atoms with van der Waals surface area (Å²) in [4.78, 5) is 56.5. The molecule has 0 aliphatic carbocycles. The van der Waals surface area contributed by atoms with Gasteiger partial charge in [0, 0.05) is 32.5 Å². The van der Waals surface area contributed by atoms with Crippen molar-refractivity contribution in [1.29, 1.82) is 0 Å². The summed E-state index contributed by atoms with van der Waals surface area (Å²) in [7, 11) is 0. The Morgan fingerprint density at radius 2 is 0.716 bits per heavy atom. The molecule has 0 aromatic heterocycles. The fourth-order valence-corrected chi connectivity index (χ4v) is 9.58. The number of nitrogens with zero attached hydrogens (tertiary/aromatic N) is 2. The van der Waals surface area contributed by atoms with Crippen molar-refractivity contribution in [3.63, 3.8) is 0 Å². The van der Waals surface area contributed by atoms with Crippen LogP contribution >= 0.6 is 0 Å². The van der Waals surface area contributed by atoms with Crippen LogP contribution in [0.25, 0.3) is 0 Å². The van der Waals surface area contributed by atoms with Crippen molar-refractivity contribution in [1.82, 2.24) is 9.80 Å². The van der Waals surface area contributed by atoms with Gasteiger partial charge < -0.3 is 38.4 Å². The average Bonchev–Trinajstić information content (AvgIpc) is 3.38. The standard InChI is InChI=1S/C61H118N2O11/c1-8-15-21-27-38-56(40-31-42-58(65)71-52-54(34-23-17-10-3)35-24-18-11-4)73-60(67)69-50-47-63(46-33-45-62(14-7)44-29-30-49-64)48-51-70-61(68)74-57(39-28-22-16-9-2)41-32-43-59(66)72-53-55(36-25-19-12-5)37-26-20-13-6/h54-57,64H,8-53H2,1-7H3. The van der Waals surface area contributed by atoms with Gasteiger partial charge in [0.2, 0.25) is 0 Å². The fraction of sp³-hybridized carbons (Fsp3) is 0.934. The maximum Gasteiger partial charge on any atom is 0.508 e. The third-order valence-corrected chi connectivity index (χ3v) is 14.5. The molecule has 0 fully saturated rings. The second kappa shape index (κ2) is 53.7. The Kier molecular flexibility index (Phi) is 51.8. The van der Waals surface area contributed by atoms with Crippen molar-refractivity contribution in [2.45, 2.75) is 285 Å². The number of hydrogen-bond donors (Lipinski definition) is 1. The Bertz CT molecular complexity index is 1170. The van der Waals surface area contributed by atoms with Gasteiger partial charge in [-0.1, -0.05) is 164 Å². The molecule has 0 aromatic rings. The first-order valence-corrected chi connectivity index (χ1v) is 31.1. The largest absolute Gasteiger partial charge is 0.508 e. The highest BCUT2D eigenvalue weighted by Gasteiger charge is 2.21. The van der Waals surface area contributed by atoms with E-state index in [-0.39, 0.29) is 44.0 Å². The number of carbonyl (C=O) groups excluding carboxylic acids is 4. The monoisotopic (exact) mass is 1050 g/mol. The minimum absolute atomic E-state index is 0.116. The number of unbranched alkanes of at least 4 members (excludes halogenated alkanes) is 15. The SMILES string of the molecule is CCCCCCC(CCCC(=O)OCC(CCCCC)CCCCC)OC(=O)OCCN(CCCN(CC)CCCCO)CCOC(=O)OC(CCCCCC)CCCC(=O)OCC(CCCCC)CCCCC. The van der Waals surface area contributed by atoms with Gasteiger partial charge >= 0.3 is 24.2 Å². The number of aliphatic hydroxyl groups is 1. The predicted octanol–water partition coefficient (Wildman–Crippen LogP) is 15.7. The molecule has 0 aromatic carbocycles. The summed E-state index contributed by atoms with van der Waals surface area (Å²) in [6, 6.07) is 0. The van der Waals surface area contributed by atoms with E-state index in [2.05, 4.69) is 58.3 Å². The summed E-state index contributed by atoms with van der Waals surface area (Å²) < 4.78 is 34.7. The first-order valence-electron chi connectivity index (χ1n) is 31.1. The van der Waals surface area contributed by atoms with E-state index < -0.39 is 12.3 Å². The van der Waals surface area contributed by atoms with Gasteiger partial charge in [0.1, 0.15) is 25.4 Å². The van der Waals surface area contributed by atoms with Crippen LogP contribution in [0.1, 0.15) is 273 Å². The second-order valence-corrected chi connectivity index (χ2v) is 21.3. The molecule has 0 aliphatic heterocycles. The van der Waals surface area contributed by atoms with E-state index in [1.54, 1.807) is 0 Å². The van der Waals surface area contributed by atoms with E-state index >= 15 is 0 Å². The molecule has 0 rings (SSSR count). The average molecular weight is 1060 g/mol. The Morgan fingerprint density at radius 3 is 1.09 bits per heavy atom. The van der Waals surface area contributed by atoms with Gasteiger partial charge in [0.05, 0.1) is 13.2 Å². The van der Waals surface area contributed by atoms with Crippen LogP contribution in [0, 0.1) is 11.8 Å². The lowest BCUT2D eigenvalue weighted by atomic mass is 9.96. The zero-order valence-corrected chi connectivity index (χ0v) is 49.3. The van der Waals surface area contributed by atoms with E-state index in [4.69, 9.17) is 28.4 Å². The van der Waals surface area contributed by atoms with Crippen LogP contribution in [0.3, 0.4) is 0 Å².